The summed E-state index contributed by atoms with van der Waals surface area (Å²) >= 11 is 0. The van der Waals surface area contributed by atoms with Gasteiger partial charge in [0.2, 0.25) is 0 Å². The van der Waals surface area contributed by atoms with Crippen molar-refractivity contribution in [2.45, 2.75) is 12.8 Å². The lowest BCUT2D eigenvalue weighted by atomic mass is 10.2. The maximum atomic E-state index is 9.18. The Morgan fingerprint density at radius 3 is 2.64 bits per heavy atom. The Bertz CT molecular complexity index is 700. The first kappa shape index (κ1) is 17.1. The molecule has 0 bridgehead atoms. The van der Waals surface area contributed by atoms with Gasteiger partial charge >= 0.3 is 0 Å². The first-order valence-corrected chi connectivity index (χ1v) is 8.67. The molecule has 0 amide bonds. The normalized spacial score (nSPS) is 15.1. The monoisotopic (exact) mass is 340 g/mol. The fourth-order valence-corrected chi connectivity index (χ4v) is 3.01. The number of aromatic nitrogens is 2. The minimum Gasteiger partial charge on any atom is -0.494 e. The van der Waals surface area contributed by atoms with E-state index < -0.39 is 0 Å². The van der Waals surface area contributed by atoms with Crippen molar-refractivity contribution in [1.29, 1.82) is 5.26 Å². The van der Waals surface area contributed by atoms with Gasteiger partial charge in [-0.2, -0.15) is 10.4 Å². The van der Waals surface area contributed by atoms with Gasteiger partial charge in [0, 0.05) is 26.2 Å². The molecule has 1 aromatic carbocycles. The van der Waals surface area contributed by atoms with Gasteiger partial charge in [0.25, 0.3) is 0 Å². The summed E-state index contributed by atoms with van der Waals surface area (Å²) in [6.07, 6.45) is 2.16. The van der Waals surface area contributed by atoms with Crippen LogP contribution in [0.1, 0.15) is 18.4 Å². The van der Waals surface area contributed by atoms with E-state index in [9.17, 15) is 5.26 Å². The summed E-state index contributed by atoms with van der Waals surface area (Å²) < 4.78 is 5.72. The number of ether oxygens (including phenoxy) is 1. The largest absolute Gasteiger partial charge is 0.494 e. The van der Waals surface area contributed by atoms with Crippen LogP contribution in [-0.2, 0) is 0 Å². The third-order valence-corrected chi connectivity index (χ3v) is 4.44. The van der Waals surface area contributed by atoms with Crippen LogP contribution >= 0.6 is 0 Å². The molecular weight excluding hydrogens is 316 g/mol. The molecule has 7 heteroatoms. The number of nitrogens with zero attached hydrogens (tertiary/aromatic N) is 4. The quantitative estimate of drug-likeness (QED) is 0.747. The summed E-state index contributed by atoms with van der Waals surface area (Å²) in [5, 5.41) is 16.0. The highest BCUT2D eigenvalue weighted by Crippen LogP contribution is 2.22. The Hall–Kier alpha value is -2.72. The highest BCUT2D eigenvalue weighted by molar-refractivity contribution is 5.64. The van der Waals surface area contributed by atoms with Crippen molar-refractivity contribution < 1.29 is 4.74 Å². The molecule has 7 nitrogen and oxygen atoms in total. The molecule has 0 spiro atoms. The summed E-state index contributed by atoms with van der Waals surface area (Å²) in [5.74, 6) is 1.96. The molecule has 3 rings (SSSR count). The minimum atomic E-state index is 0.346. The first-order valence-electron chi connectivity index (χ1n) is 8.67. The molecule has 3 N–H and O–H groups in total. The van der Waals surface area contributed by atoms with Gasteiger partial charge in [0.05, 0.1) is 6.61 Å². The van der Waals surface area contributed by atoms with Crippen LogP contribution < -0.4 is 15.4 Å². The summed E-state index contributed by atoms with van der Waals surface area (Å²) in [4.78, 5) is 4.57. The van der Waals surface area contributed by atoms with Crippen molar-refractivity contribution in [1.82, 2.24) is 15.1 Å². The lowest BCUT2D eigenvalue weighted by molar-refractivity contribution is 0.238. The molecule has 0 atom stereocenters. The van der Waals surface area contributed by atoms with Gasteiger partial charge in [-0.25, -0.2) is 0 Å². The van der Waals surface area contributed by atoms with Crippen molar-refractivity contribution in [3.8, 4) is 11.8 Å². The van der Waals surface area contributed by atoms with E-state index in [2.05, 4.69) is 26.1 Å². The summed E-state index contributed by atoms with van der Waals surface area (Å²) in [6, 6.07) is 12.1. The number of nitrogens with one attached hydrogen (secondary N) is 1. The Morgan fingerprint density at radius 2 is 1.92 bits per heavy atom. The maximum absolute atomic E-state index is 9.18. The number of anilines is 2. The van der Waals surface area contributed by atoms with Gasteiger partial charge in [-0.1, -0.05) is 18.2 Å². The van der Waals surface area contributed by atoms with E-state index in [1.54, 1.807) is 0 Å². The number of nitrogen functional groups attached to an aromatic ring is 1. The molecule has 1 fully saturated rings. The van der Waals surface area contributed by atoms with Crippen molar-refractivity contribution >= 4 is 11.6 Å². The fraction of sp³-hybridized carbons (Fsp3) is 0.444. The molecule has 1 saturated heterocycles. The van der Waals surface area contributed by atoms with E-state index in [1.165, 1.54) is 0 Å². The predicted molar refractivity (Wildman–Crippen MR) is 97.5 cm³/mol. The Morgan fingerprint density at radius 1 is 1.16 bits per heavy atom. The molecule has 1 aliphatic heterocycles. The van der Waals surface area contributed by atoms with Crippen LogP contribution in [0.4, 0.5) is 11.6 Å². The van der Waals surface area contributed by atoms with Crippen molar-refractivity contribution in [3.05, 3.63) is 35.9 Å². The van der Waals surface area contributed by atoms with Crippen molar-refractivity contribution in [3.63, 3.8) is 0 Å². The highest BCUT2D eigenvalue weighted by atomic mass is 16.5. The third-order valence-electron chi connectivity index (χ3n) is 4.44. The molecule has 2 aromatic rings. The number of piperazine rings is 1. The molecular formula is C18H24N6O. The topological polar surface area (TPSA) is 94.2 Å². The van der Waals surface area contributed by atoms with Crippen LogP contribution in [0.15, 0.2) is 30.3 Å². The number of rotatable bonds is 7. The molecule has 132 valence electrons. The van der Waals surface area contributed by atoms with E-state index in [0.717, 1.165) is 57.9 Å². The molecule has 0 radical (unpaired) electrons. The van der Waals surface area contributed by atoms with E-state index in [0.29, 0.717) is 17.2 Å². The predicted octanol–water partition coefficient (Wildman–Crippen LogP) is 1.84. The number of para-hydroxylation sites is 1. The second-order valence-corrected chi connectivity index (χ2v) is 6.15. The average molecular weight is 340 g/mol. The van der Waals surface area contributed by atoms with E-state index >= 15 is 0 Å². The van der Waals surface area contributed by atoms with Gasteiger partial charge < -0.3 is 15.4 Å². The SMILES string of the molecule is N#Cc1c(N2CCN(CCCCOc3ccccc3)CC2)n[nH]c1N. The zero-order valence-electron chi connectivity index (χ0n) is 14.3. The standard InChI is InChI=1S/C18H24N6O/c19-14-16-17(20)21-22-18(16)24-11-9-23(10-12-24)8-4-5-13-25-15-6-2-1-3-7-15/h1-3,6-7H,4-5,8-13H2,(H3,20,21,22). The smallest absolute Gasteiger partial charge is 0.170 e. The lowest BCUT2D eigenvalue weighted by Crippen LogP contribution is -2.47. The van der Waals surface area contributed by atoms with Gasteiger partial charge in [0.15, 0.2) is 5.82 Å². The van der Waals surface area contributed by atoms with E-state index in [1.807, 2.05) is 30.3 Å². The van der Waals surface area contributed by atoms with Crippen LogP contribution in [0.25, 0.3) is 0 Å². The highest BCUT2D eigenvalue weighted by Gasteiger charge is 2.22. The maximum Gasteiger partial charge on any atom is 0.170 e. The number of nitrogens with two attached hydrogens (primary N) is 1. The number of hydrogen-bond acceptors (Lipinski definition) is 6. The van der Waals surface area contributed by atoms with E-state index in [4.69, 9.17) is 10.5 Å². The van der Waals surface area contributed by atoms with Crippen molar-refractivity contribution in [2.75, 3.05) is 50.0 Å². The molecule has 0 aliphatic carbocycles. The van der Waals surface area contributed by atoms with E-state index in [-0.39, 0.29) is 0 Å². The number of nitriles is 1. The number of aromatic amines is 1. The first-order chi connectivity index (χ1) is 12.3. The summed E-state index contributed by atoms with van der Waals surface area (Å²) in [6.45, 7) is 5.48. The van der Waals surface area contributed by atoms with Crippen LogP contribution in [0.2, 0.25) is 0 Å². The van der Waals surface area contributed by atoms with Gasteiger partial charge in [0.1, 0.15) is 23.2 Å². The molecule has 1 aromatic heterocycles. The summed E-state index contributed by atoms with van der Waals surface area (Å²) in [7, 11) is 0. The number of unbranched alkanes of at least 4 members (excludes halogenated alkanes) is 1. The Balaban J connectivity index is 1.35. The Kier molecular flexibility index (Phi) is 5.75. The molecule has 0 unspecified atom stereocenters. The van der Waals surface area contributed by atoms with Crippen LogP contribution in [-0.4, -0.2) is 54.4 Å². The van der Waals surface area contributed by atoms with Crippen molar-refractivity contribution in [2.24, 2.45) is 0 Å². The number of hydrogen-bond donors (Lipinski definition) is 2. The zero-order valence-corrected chi connectivity index (χ0v) is 14.3. The van der Waals surface area contributed by atoms with Crippen LogP contribution in [0, 0.1) is 11.3 Å². The second kappa shape index (κ2) is 8.40. The summed E-state index contributed by atoms with van der Waals surface area (Å²) in [5.41, 5.74) is 6.18. The minimum absolute atomic E-state index is 0.346. The molecule has 25 heavy (non-hydrogen) atoms. The molecule has 2 heterocycles. The lowest BCUT2D eigenvalue weighted by Gasteiger charge is -2.34. The number of benzene rings is 1. The van der Waals surface area contributed by atoms with Gasteiger partial charge in [-0.05, 0) is 31.5 Å². The third kappa shape index (κ3) is 4.43. The average Bonchev–Trinajstić information content (AvgIpc) is 3.03. The fourth-order valence-electron chi connectivity index (χ4n) is 3.01. The Labute approximate surface area is 148 Å². The van der Waals surface area contributed by atoms with Crippen LogP contribution in [0.3, 0.4) is 0 Å². The second-order valence-electron chi connectivity index (χ2n) is 6.15. The molecule has 1 aliphatic rings. The zero-order chi connectivity index (χ0) is 17.5. The van der Waals surface area contributed by atoms with Gasteiger partial charge in [-0.15, -0.1) is 0 Å². The molecule has 0 saturated carbocycles. The van der Waals surface area contributed by atoms with Crippen LogP contribution in [0.5, 0.6) is 5.75 Å². The van der Waals surface area contributed by atoms with Gasteiger partial charge in [-0.3, -0.25) is 10.00 Å². The number of H-pyrrole nitrogens is 1.